The summed E-state index contributed by atoms with van der Waals surface area (Å²) in [6.07, 6.45) is 1.05. The molecular weight excluding hydrogens is 292 g/mol. The summed E-state index contributed by atoms with van der Waals surface area (Å²) in [4.78, 5) is 2.51. The fourth-order valence-electron chi connectivity index (χ4n) is 2.43. The molecule has 1 aliphatic rings. The highest BCUT2D eigenvalue weighted by molar-refractivity contribution is 9.10. The number of piperazine rings is 1. The van der Waals surface area contributed by atoms with Gasteiger partial charge in [0.05, 0.1) is 11.6 Å². The van der Waals surface area contributed by atoms with Gasteiger partial charge in [-0.1, -0.05) is 6.07 Å². The smallest absolute Gasteiger partial charge is 0.136 e. The lowest BCUT2D eigenvalue weighted by Gasteiger charge is -2.27. The maximum absolute atomic E-state index is 5.52. The zero-order valence-electron chi connectivity index (χ0n) is 11.1. The summed E-state index contributed by atoms with van der Waals surface area (Å²) in [7, 11) is 1.74. The van der Waals surface area contributed by atoms with Crippen LogP contribution < -0.4 is 10.1 Å². The van der Waals surface area contributed by atoms with E-state index in [1.54, 1.807) is 7.11 Å². The lowest BCUT2D eigenvalue weighted by Crippen LogP contribution is -2.44. The first-order valence-electron chi connectivity index (χ1n) is 6.47. The SMILES string of the molecule is COc1c(Br)ccc(C)c1CCN1CCNCC1. The quantitative estimate of drug-likeness (QED) is 0.922. The molecule has 1 aliphatic heterocycles. The maximum Gasteiger partial charge on any atom is 0.136 e. The molecule has 0 unspecified atom stereocenters. The van der Waals surface area contributed by atoms with Crippen LogP contribution in [0.1, 0.15) is 11.1 Å². The largest absolute Gasteiger partial charge is 0.495 e. The molecule has 0 aliphatic carbocycles. The Bertz CT molecular complexity index is 403. The van der Waals surface area contributed by atoms with Gasteiger partial charge in [-0.3, -0.25) is 0 Å². The Morgan fingerprint density at radius 3 is 2.72 bits per heavy atom. The van der Waals surface area contributed by atoms with Gasteiger partial charge in [0, 0.05) is 32.7 Å². The molecule has 3 nitrogen and oxygen atoms in total. The number of halogens is 1. The van der Waals surface area contributed by atoms with E-state index in [1.807, 2.05) is 0 Å². The van der Waals surface area contributed by atoms with Crippen LogP contribution in [0.3, 0.4) is 0 Å². The van der Waals surface area contributed by atoms with Crippen molar-refractivity contribution in [2.45, 2.75) is 13.3 Å². The number of methoxy groups -OCH3 is 1. The normalized spacial score (nSPS) is 16.8. The van der Waals surface area contributed by atoms with E-state index in [2.05, 4.69) is 45.2 Å². The maximum atomic E-state index is 5.52. The van der Waals surface area contributed by atoms with Crippen LogP contribution in [-0.4, -0.2) is 44.7 Å². The molecule has 1 heterocycles. The van der Waals surface area contributed by atoms with Gasteiger partial charge in [-0.25, -0.2) is 0 Å². The van der Waals surface area contributed by atoms with Crippen LogP contribution in [0.2, 0.25) is 0 Å². The third kappa shape index (κ3) is 3.25. The molecule has 1 aromatic rings. The lowest BCUT2D eigenvalue weighted by atomic mass is 10.0. The van der Waals surface area contributed by atoms with Gasteiger partial charge in [0.1, 0.15) is 5.75 Å². The summed E-state index contributed by atoms with van der Waals surface area (Å²) >= 11 is 3.56. The van der Waals surface area contributed by atoms with Gasteiger partial charge in [-0.2, -0.15) is 0 Å². The molecule has 4 heteroatoms. The molecule has 1 N–H and O–H groups in total. The predicted molar refractivity (Wildman–Crippen MR) is 78.4 cm³/mol. The summed E-state index contributed by atoms with van der Waals surface area (Å²) in [5, 5.41) is 3.38. The average Bonchev–Trinajstić information content (AvgIpc) is 2.41. The Kier molecular flexibility index (Phi) is 5.03. The fraction of sp³-hybridized carbons (Fsp3) is 0.571. The molecule has 1 fully saturated rings. The van der Waals surface area contributed by atoms with Crippen molar-refractivity contribution in [3.63, 3.8) is 0 Å². The summed E-state index contributed by atoms with van der Waals surface area (Å²) < 4.78 is 6.57. The molecule has 0 bridgehead atoms. The van der Waals surface area contributed by atoms with Crippen LogP contribution in [0.4, 0.5) is 0 Å². The Morgan fingerprint density at radius 1 is 1.33 bits per heavy atom. The molecule has 100 valence electrons. The van der Waals surface area contributed by atoms with Crippen LogP contribution in [0, 0.1) is 6.92 Å². The van der Waals surface area contributed by atoms with Crippen molar-refractivity contribution in [2.75, 3.05) is 39.8 Å². The molecule has 1 saturated heterocycles. The molecule has 0 amide bonds. The van der Waals surface area contributed by atoms with E-state index in [0.717, 1.165) is 49.4 Å². The Hall–Kier alpha value is -0.580. The van der Waals surface area contributed by atoms with Gasteiger partial charge < -0.3 is 15.0 Å². The van der Waals surface area contributed by atoms with Crippen molar-refractivity contribution < 1.29 is 4.74 Å². The van der Waals surface area contributed by atoms with Gasteiger partial charge in [0.15, 0.2) is 0 Å². The first-order valence-corrected chi connectivity index (χ1v) is 7.26. The van der Waals surface area contributed by atoms with E-state index in [4.69, 9.17) is 4.74 Å². The summed E-state index contributed by atoms with van der Waals surface area (Å²) in [6, 6.07) is 4.21. The van der Waals surface area contributed by atoms with Crippen LogP contribution in [0.5, 0.6) is 5.75 Å². The van der Waals surface area contributed by atoms with Crippen molar-refractivity contribution in [3.05, 3.63) is 27.7 Å². The van der Waals surface area contributed by atoms with E-state index in [9.17, 15) is 0 Å². The lowest BCUT2D eigenvalue weighted by molar-refractivity contribution is 0.243. The topological polar surface area (TPSA) is 24.5 Å². The molecule has 1 aromatic carbocycles. The second-order valence-corrected chi connectivity index (χ2v) is 5.57. The zero-order chi connectivity index (χ0) is 13.0. The minimum absolute atomic E-state index is 0.991. The van der Waals surface area contributed by atoms with E-state index >= 15 is 0 Å². The first kappa shape index (κ1) is 13.8. The minimum atomic E-state index is 0.991. The van der Waals surface area contributed by atoms with Crippen molar-refractivity contribution in [1.29, 1.82) is 0 Å². The number of rotatable bonds is 4. The van der Waals surface area contributed by atoms with E-state index < -0.39 is 0 Å². The van der Waals surface area contributed by atoms with Crippen molar-refractivity contribution in [3.8, 4) is 5.75 Å². The first-order chi connectivity index (χ1) is 8.72. The highest BCUT2D eigenvalue weighted by Gasteiger charge is 2.14. The minimum Gasteiger partial charge on any atom is -0.495 e. The average molecular weight is 313 g/mol. The van der Waals surface area contributed by atoms with Crippen LogP contribution in [0.15, 0.2) is 16.6 Å². The van der Waals surface area contributed by atoms with Gasteiger partial charge in [0.25, 0.3) is 0 Å². The molecule has 0 atom stereocenters. The monoisotopic (exact) mass is 312 g/mol. The van der Waals surface area contributed by atoms with Gasteiger partial charge in [-0.15, -0.1) is 0 Å². The second-order valence-electron chi connectivity index (χ2n) is 4.72. The molecule has 0 saturated carbocycles. The van der Waals surface area contributed by atoms with E-state index in [-0.39, 0.29) is 0 Å². The fourth-order valence-corrected chi connectivity index (χ4v) is 2.97. The number of ether oxygens (including phenoxy) is 1. The summed E-state index contributed by atoms with van der Waals surface area (Å²) in [5.74, 6) is 0.991. The molecule has 0 radical (unpaired) electrons. The zero-order valence-corrected chi connectivity index (χ0v) is 12.7. The highest BCUT2D eigenvalue weighted by atomic mass is 79.9. The summed E-state index contributed by atoms with van der Waals surface area (Å²) in [5.41, 5.74) is 2.63. The highest BCUT2D eigenvalue weighted by Crippen LogP contribution is 2.31. The molecule has 0 spiro atoms. The van der Waals surface area contributed by atoms with Gasteiger partial charge in [-0.05, 0) is 46.5 Å². The number of nitrogens with zero attached hydrogens (tertiary/aromatic N) is 1. The third-order valence-corrected chi connectivity index (χ3v) is 4.16. The Labute approximate surface area is 118 Å². The van der Waals surface area contributed by atoms with Crippen molar-refractivity contribution in [2.24, 2.45) is 0 Å². The predicted octanol–water partition coefficient (Wildman–Crippen LogP) is 2.21. The molecule has 2 rings (SSSR count). The van der Waals surface area contributed by atoms with Crippen LogP contribution in [-0.2, 0) is 6.42 Å². The number of benzene rings is 1. The number of aryl methyl sites for hydroxylation is 1. The van der Waals surface area contributed by atoms with Crippen molar-refractivity contribution in [1.82, 2.24) is 10.2 Å². The number of hydrogen-bond donors (Lipinski definition) is 1. The van der Waals surface area contributed by atoms with Crippen molar-refractivity contribution >= 4 is 15.9 Å². The molecule has 18 heavy (non-hydrogen) atoms. The Morgan fingerprint density at radius 2 is 2.06 bits per heavy atom. The number of nitrogens with one attached hydrogen (secondary N) is 1. The second kappa shape index (κ2) is 6.55. The standard InChI is InChI=1S/C14H21BrN2O/c1-11-3-4-13(15)14(18-2)12(11)5-8-17-9-6-16-7-10-17/h3-4,16H,5-10H2,1-2H3. The number of hydrogen-bond acceptors (Lipinski definition) is 3. The third-order valence-electron chi connectivity index (χ3n) is 3.54. The molecule has 0 aromatic heterocycles. The van der Waals surface area contributed by atoms with Crippen LogP contribution >= 0.6 is 15.9 Å². The molecular formula is C14H21BrN2O. The van der Waals surface area contributed by atoms with E-state index in [1.165, 1.54) is 11.1 Å². The van der Waals surface area contributed by atoms with Crippen LogP contribution in [0.25, 0.3) is 0 Å². The van der Waals surface area contributed by atoms with Gasteiger partial charge >= 0.3 is 0 Å². The Balaban J connectivity index is 2.05. The van der Waals surface area contributed by atoms with E-state index in [0.29, 0.717) is 0 Å². The summed E-state index contributed by atoms with van der Waals surface area (Å²) in [6.45, 7) is 7.77. The van der Waals surface area contributed by atoms with Gasteiger partial charge in [0.2, 0.25) is 0 Å².